The quantitative estimate of drug-likeness (QED) is 0.754. The third-order valence-corrected chi connectivity index (χ3v) is 3.54. The highest BCUT2D eigenvalue weighted by atomic mass is 16.5. The van der Waals surface area contributed by atoms with Crippen LogP contribution in [0.1, 0.15) is 42.4 Å². The molecule has 3 heteroatoms. The number of rotatable bonds is 2. The summed E-state index contributed by atoms with van der Waals surface area (Å²) in [4.78, 5) is 12.0. The molecule has 0 amide bonds. The van der Waals surface area contributed by atoms with Gasteiger partial charge in [-0.05, 0) is 44.7 Å². The fourth-order valence-corrected chi connectivity index (χ4v) is 2.38. The minimum Gasteiger partial charge on any atom is -0.493 e. The molecule has 0 aromatic heterocycles. The van der Waals surface area contributed by atoms with Crippen LogP contribution in [0.25, 0.3) is 0 Å². The molecule has 0 saturated carbocycles. The third kappa shape index (κ3) is 2.35. The summed E-state index contributed by atoms with van der Waals surface area (Å²) in [6.07, 6.45) is 1.69. The topological polar surface area (TPSA) is 35.5 Å². The standard InChI is InChI=1S/C15H20O3/c1-4-17-15(16)13-6-5-9-18-14-11(3)10(2)7-8-12(13)14/h7-8,13H,4-6,9H2,1-3H3. The van der Waals surface area contributed by atoms with Crippen LogP contribution in [0.3, 0.4) is 0 Å². The van der Waals surface area contributed by atoms with Crippen molar-refractivity contribution in [2.45, 2.75) is 39.5 Å². The molecule has 0 saturated heterocycles. The summed E-state index contributed by atoms with van der Waals surface area (Å²) < 4.78 is 11.0. The van der Waals surface area contributed by atoms with Gasteiger partial charge in [-0.1, -0.05) is 12.1 Å². The second kappa shape index (κ2) is 5.42. The second-order valence-corrected chi connectivity index (χ2v) is 4.72. The average molecular weight is 248 g/mol. The van der Waals surface area contributed by atoms with Crippen LogP contribution in [0.2, 0.25) is 0 Å². The van der Waals surface area contributed by atoms with Crippen molar-refractivity contribution in [3.63, 3.8) is 0 Å². The van der Waals surface area contributed by atoms with Gasteiger partial charge in [0.15, 0.2) is 0 Å². The number of benzene rings is 1. The van der Waals surface area contributed by atoms with Crippen molar-refractivity contribution in [2.24, 2.45) is 0 Å². The van der Waals surface area contributed by atoms with E-state index in [9.17, 15) is 4.79 Å². The lowest BCUT2D eigenvalue weighted by Crippen LogP contribution is -2.16. The Balaban J connectivity index is 2.42. The van der Waals surface area contributed by atoms with E-state index in [1.807, 2.05) is 19.9 Å². The van der Waals surface area contributed by atoms with Crippen molar-refractivity contribution in [1.82, 2.24) is 0 Å². The molecular weight excluding hydrogens is 228 g/mol. The molecule has 3 nitrogen and oxygen atoms in total. The first-order valence-electron chi connectivity index (χ1n) is 6.54. The monoisotopic (exact) mass is 248 g/mol. The Bertz CT molecular complexity index is 451. The van der Waals surface area contributed by atoms with E-state index in [0.29, 0.717) is 13.2 Å². The lowest BCUT2D eigenvalue weighted by Gasteiger charge is -2.17. The normalized spacial score (nSPS) is 18.5. The summed E-state index contributed by atoms with van der Waals surface area (Å²) in [6, 6.07) is 4.06. The van der Waals surface area contributed by atoms with Crippen LogP contribution in [0.5, 0.6) is 5.75 Å². The molecule has 0 fully saturated rings. The summed E-state index contributed by atoms with van der Waals surface area (Å²) in [5, 5.41) is 0. The van der Waals surface area contributed by atoms with Crippen LogP contribution in [-0.2, 0) is 9.53 Å². The largest absolute Gasteiger partial charge is 0.493 e. The van der Waals surface area contributed by atoms with Crippen molar-refractivity contribution < 1.29 is 14.3 Å². The molecule has 0 N–H and O–H groups in total. The summed E-state index contributed by atoms with van der Waals surface area (Å²) in [5.41, 5.74) is 3.30. The Morgan fingerprint density at radius 2 is 2.22 bits per heavy atom. The van der Waals surface area contributed by atoms with Crippen LogP contribution in [0, 0.1) is 13.8 Å². The van der Waals surface area contributed by atoms with Gasteiger partial charge >= 0.3 is 5.97 Å². The summed E-state index contributed by atoms with van der Waals surface area (Å²) >= 11 is 0. The van der Waals surface area contributed by atoms with E-state index in [1.54, 1.807) is 0 Å². The molecular formula is C15H20O3. The van der Waals surface area contributed by atoms with Gasteiger partial charge in [-0.3, -0.25) is 4.79 Å². The zero-order valence-corrected chi connectivity index (χ0v) is 11.3. The molecule has 18 heavy (non-hydrogen) atoms. The van der Waals surface area contributed by atoms with Crippen molar-refractivity contribution >= 4 is 5.97 Å². The van der Waals surface area contributed by atoms with Gasteiger partial charge in [-0.15, -0.1) is 0 Å². The first-order valence-corrected chi connectivity index (χ1v) is 6.54. The van der Waals surface area contributed by atoms with Gasteiger partial charge in [-0.25, -0.2) is 0 Å². The number of aryl methyl sites for hydroxylation is 1. The van der Waals surface area contributed by atoms with E-state index >= 15 is 0 Å². The van der Waals surface area contributed by atoms with E-state index in [0.717, 1.165) is 29.7 Å². The van der Waals surface area contributed by atoms with Gasteiger partial charge in [0.25, 0.3) is 0 Å². The van der Waals surface area contributed by atoms with Crippen LogP contribution in [-0.4, -0.2) is 19.2 Å². The van der Waals surface area contributed by atoms with E-state index in [1.165, 1.54) is 5.56 Å². The Morgan fingerprint density at radius 3 is 2.94 bits per heavy atom. The average Bonchev–Trinajstić information content (AvgIpc) is 2.57. The van der Waals surface area contributed by atoms with Gasteiger partial charge in [0.2, 0.25) is 0 Å². The van der Waals surface area contributed by atoms with Crippen molar-refractivity contribution in [3.05, 3.63) is 28.8 Å². The molecule has 98 valence electrons. The zero-order chi connectivity index (χ0) is 13.1. The third-order valence-electron chi connectivity index (χ3n) is 3.54. The van der Waals surface area contributed by atoms with E-state index in [2.05, 4.69) is 13.0 Å². The minimum absolute atomic E-state index is 0.132. The highest BCUT2D eigenvalue weighted by Crippen LogP contribution is 2.37. The Kier molecular flexibility index (Phi) is 3.90. The lowest BCUT2D eigenvalue weighted by molar-refractivity contribution is -0.145. The molecule has 1 aliphatic rings. The second-order valence-electron chi connectivity index (χ2n) is 4.72. The first kappa shape index (κ1) is 12.9. The SMILES string of the molecule is CCOC(=O)C1CCCOc2c1ccc(C)c2C. The van der Waals surface area contributed by atoms with Gasteiger partial charge in [0.05, 0.1) is 19.1 Å². The maximum atomic E-state index is 12.0. The Labute approximate surface area is 108 Å². The number of hydrogen-bond acceptors (Lipinski definition) is 3. The molecule has 1 aromatic carbocycles. The van der Waals surface area contributed by atoms with Crippen LogP contribution in [0.4, 0.5) is 0 Å². The maximum Gasteiger partial charge on any atom is 0.313 e. The van der Waals surface area contributed by atoms with Gasteiger partial charge in [-0.2, -0.15) is 0 Å². The summed E-state index contributed by atoms with van der Waals surface area (Å²) in [5.74, 6) is 0.569. The first-order chi connectivity index (χ1) is 8.65. The number of ether oxygens (including phenoxy) is 2. The molecule has 2 rings (SSSR count). The van der Waals surface area contributed by atoms with Gasteiger partial charge < -0.3 is 9.47 Å². The zero-order valence-electron chi connectivity index (χ0n) is 11.3. The Morgan fingerprint density at radius 1 is 1.44 bits per heavy atom. The van der Waals surface area contributed by atoms with Crippen LogP contribution in [0.15, 0.2) is 12.1 Å². The summed E-state index contributed by atoms with van der Waals surface area (Å²) in [7, 11) is 0. The molecule has 0 radical (unpaired) electrons. The molecule has 1 heterocycles. The fraction of sp³-hybridized carbons (Fsp3) is 0.533. The molecule has 0 aliphatic carbocycles. The van der Waals surface area contributed by atoms with Gasteiger partial charge in [0, 0.05) is 5.56 Å². The highest BCUT2D eigenvalue weighted by molar-refractivity contribution is 5.79. The highest BCUT2D eigenvalue weighted by Gasteiger charge is 2.28. The number of hydrogen-bond donors (Lipinski definition) is 0. The number of fused-ring (bicyclic) bond motifs is 1. The summed E-state index contributed by atoms with van der Waals surface area (Å²) in [6.45, 7) is 7.04. The fourth-order valence-electron chi connectivity index (χ4n) is 2.38. The molecule has 1 atom stereocenters. The van der Waals surface area contributed by atoms with E-state index in [-0.39, 0.29) is 11.9 Å². The van der Waals surface area contributed by atoms with Crippen LogP contribution < -0.4 is 4.74 Å². The van der Waals surface area contributed by atoms with E-state index < -0.39 is 0 Å². The van der Waals surface area contributed by atoms with Crippen molar-refractivity contribution in [1.29, 1.82) is 0 Å². The number of esters is 1. The minimum atomic E-state index is -0.179. The molecule has 0 spiro atoms. The molecule has 1 aliphatic heterocycles. The molecule has 1 aromatic rings. The van der Waals surface area contributed by atoms with Crippen molar-refractivity contribution in [2.75, 3.05) is 13.2 Å². The number of carbonyl (C=O) groups excluding carboxylic acids is 1. The predicted molar refractivity (Wildman–Crippen MR) is 70.0 cm³/mol. The predicted octanol–water partition coefficient (Wildman–Crippen LogP) is 3.12. The maximum absolute atomic E-state index is 12.0. The van der Waals surface area contributed by atoms with E-state index in [4.69, 9.17) is 9.47 Å². The van der Waals surface area contributed by atoms with Crippen LogP contribution >= 0.6 is 0 Å². The molecule has 1 unspecified atom stereocenters. The Hall–Kier alpha value is -1.51. The van der Waals surface area contributed by atoms with Gasteiger partial charge in [0.1, 0.15) is 5.75 Å². The smallest absolute Gasteiger partial charge is 0.313 e. The number of carbonyl (C=O) groups is 1. The lowest BCUT2D eigenvalue weighted by atomic mass is 9.91. The van der Waals surface area contributed by atoms with Crippen molar-refractivity contribution in [3.8, 4) is 5.75 Å². The molecule has 0 bridgehead atoms.